The van der Waals surface area contributed by atoms with E-state index >= 15 is 0 Å². The van der Waals surface area contributed by atoms with Crippen molar-refractivity contribution in [3.05, 3.63) is 41.0 Å². The molecule has 104 valence electrons. The van der Waals surface area contributed by atoms with Gasteiger partial charge in [-0.1, -0.05) is 38.5 Å². The summed E-state index contributed by atoms with van der Waals surface area (Å²) < 4.78 is 5.75. The topological polar surface area (TPSA) is 46.5 Å². The standard InChI is InChI=1S/C16H22O3/c1-11-6-7-14(13(8-11)16(3,4)5)19-10-12(2)9-15(17)18/h6-9H,10H2,1-5H3,(H,17,18). The van der Waals surface area contributed by atoms with Crippen molar-refractivity contribution in [1.82, 2.24) is 0 Å². The third kappa shape index (κ3) is 4.78. The van der Waals surface area contributed by atoms with E-state index in [2.05, 4.69) is 33.8 Å². The summed E-state index contributed by atoms with van der Waals surface area (Å²) in [6.45, 7) is 10.5. The minimum Gasteiger partial charge on any atom is -0.489 e. The van der Waals surface area contributed by atoms with Crippen LogP contribution in [0.5, 0.6) is 5.75 Å². The summed E-state index contributed by atoms with van der Waals surface area (Å²) in [5.41, 5.74) is 3.00. The van der Waals surface area contributed by atoms with Crippen LogP contribution in [0.1, 0.15) is 38.8 Å². The Balaban J connectivity index is 2.93. The van der Waals surface area contributed by atoms with Gasteiger partial charge < -0.3 is 9.84 Å². The van der Waals surface area contributed by atoms with Crippen LogP contribution in [0.2, 0.25) is 0 Å². The van der Waals surface area contributed by atoms with E-state index in [4.69, 9.17) is 9.84 Å². The second-order valence-electron chi connectivity index (χ2n) is 5.87. The van der Waals surface area contributed by atoms with Crippen molar-refractivity contribution in [3.8, 4) is 5.75 Å². The first-order chi connectivity index (χ1) is 8.70. The Bertz CT molecular complexity index is 493. The second-order valence-corrected chi connectivity index (χ2v) is 5.87. The fourth-order valence-corrected chi connectivity index (χ4v) is 1.80. The van der Waals surface area contributed by atoms with Crippen molar-refractivity contribution in [2.45, 2.75) is 40.0 Å². The highest BCUT2D eigenvalue weighted by Gasteiger charge is 2.19. The van der Waals surface area contributed by atoms with Crippen LogP contribution < -0.4 is 4.74 Å². The molecule has 0 saturated heterocycles. The van der Waals surface area contributed by atoms with Crippen molar-refractivity contribution in [1.29, 1.82) is 0 Å². The molecule has 3 nitrogen and oxygen atoms in total. The predicted octanol–water partition coefficient (Wildman–Crippen LogP) is 3.70. The molecular formula is C16H22O3. The zero-order chi connectivity index (χ0) is 14.6. The van der Waals surface area contributed by atoms with Gasteiger partial charge in [0.25, 0.3) is 0 Å². The van der Waals surface area contributed by atoms with Gasteiger partial charge in [-0.25, -0.2) is 4.79 Å². The summed E-state index contributed by atoms with van der Waals surface area (Å²) in [6, 6.07) is 6.07. The number of aryl methyl sites for hydroxylation is 1. The van der Waals surface area contributed by atoms with Gasteiger partial charge in [0.1, 0.15) is 12.4 Å². The van der Waals surface area contributed by atoms with Crippen LogP contribution in [0.25, 0.3) is 0 Å². The Morgan fingerprint density at radius 3 is 2.53 bits per heavy atom. The molecule has 0 radical (unpaired) electrons. The predicted molar refractivity (Wildman–Crippen MR) is 76.8 cm³/mol. The zero-order valence-electron chi connectivity index (χ0n) is 12.3. The number of benzene rings is 1. The Morgan fingerprint density at radius 2 is 2.00 bits per heavy atom. The molecule has 0 unspecified atom stereocenters. The summed E-state index contributed by atoms with van der Waals surface area (Å²) in [5.74, 6) is -0.128. The minimum atomic E-state index is -0.943. The Labute approximate surface area is 114 Å². The molecule has 0 amide bonds. The highest BCUT2D eigenvalue weighted by Crippen LogP contribution is 2.32. The lowest BCUT2D eigenvalue weighted by Crippen LogP contribution is -2.14. The van der Waals surface area contributed by atoms with Crippen molar-refractivity contribution in [2.24, 2.45) is 0 Å². The molecule has 1 aromatic carbocycles. The lowest BCUT2D eigenvalue weighted by atomic mass is 9.85. The van der Waals surface area contributed by atoms with Gasteiger partial charge in [0, 0.05) is 6.08 Å². The number of hydrogen-bond donors (Lipinski definition) is 1. The fourth-order valence-electron chi connectivity index (χ4n) is 1.80. The molecule has 1 N–H and O–H groups in total. The molecule has 0 aliphatic rings. The monoisotopic (exact) mass is 262 g/mol. The highest BCUT2D eigenvalue weighted by atomic mass is 16.5. The van der Waals surface area contributed by atoms with Crippen molar-refractivity contribution in [3.63, 3.8) is 0 Å². The number of carboxylic acids is 1. The molecule has 1 aromatic rings. The molecule has 19 heavy (non-hydrogen) atoms. The first-order valence-electron chi connectivity index (χ1n) is 6.34. The maximum Gasteiger partial charge on any atom is 0.328 e. The quantitative estimate of drug-likeness (QED) is 0.841. The number of hydrogen-bond acceptors (Lipinski definition) is 2. The Kier molecular flexibility index (Phi) is 4.76. The van der Waals surface area contributed by atoms with Gasteiger partial charge in [0.15, 0.2) is 0 Å². The molecule has 3 heteroatoms. The summed E-state index contributed by atoms with van der Waals surface area (Å²) in [6.07, 6.45) is 1.17. The molecule has 1 rings (SSSR count). The van der Waals surface area contributed by atoms with Crippen LogP contribution in [0.4, 0.5) is 0 Å². The van der Waals surface area contributed by atoms with Gasteiger partial charge in [0.05, 0.1) is 0 Å². The van der Waals surface area contributed by atoms with Crippen LogP contribution in [0.3, 0.4) is 0 Å². The number of carboxylic acid groups (broad SMARTS) is 1. The van der Waals surface area contributed by atoms with E-state index in [0.29, 0.717) is 12.2 Å². The van der Waals surface area contributed by atoms with E-state index < -0.39 is 5.97 Å². The van der Waals surface area contributed by atoms with Gasteiger partial charge in [-0.3, -0.25) is 0 Å². The van der Waals surface area contributed by atoms with Crippen LogP contribution in [-0.2, 0) is 10.2 Å². The third-order valence-corrected chi connectivity index (χ3v) is 2.77. The Morgan fingerprint density at radius 1 is 1.37 bits per heavy atom. The molecule has 0 fully saturated rings. The van der Waals surface area contributed by atoms with Crippen LogP contribution in [0, 0.1) is 6.92 Å². The lowest BCUT2D eigenvalue weighted by molar-refractivity contribution is -0.131. The lowest BCUT2D eigenvalue weighted by Gasteiger charge is -2.23. The number of carbonyl (C=O) groups is 1. The van der Waals surface area contributed by atoms with Crippen molar-refractivity contribution in [2.75, 3.05) is 6.61 Å². The number of rotatable bonds is 4. The average Bonchev–Trinajstić information content (AvgIpc) is 2.25. The van der Waals surface area contributed by atoms with E-state index in [1.807, 2.05) is 12.1 Å². The normalized spacial score (nSPS) is 12.4. The van der Waals surface area contributed by atoms with Gasteiger partial charge >= 0.3 is 5.97 Å². The van der Waals surface area contributed by atoms with Crippen LogP contribution in [0.15, 0.2) is 29.8 Å². The van der Waals surface area contributed by atoms with Crippen LogP contribution >= 0.6 is 0 Å². The fraction of sp³-hybridized carbons (Fsp3) is 0.438. The summed E-state index contributed by atoms with van der Waals surface area (Å²) in [4.78, 5) is 10.6. The molecule has 0 aliphatic carbocycles. The maximum atomic E-state index is 10.6. The van der Waals surface area contributed by atoms with Gasteiger partial charge in [-0.05, 0) is 36.5 Å². The molecule has 0 heterocycles. The molecule has 0 saturated carbocycles. The van der Waals surface area contributed by atoms with E-state index in [0.717, 1.165) is 11.3 Å². The summed E-state index contributed by atoms with van der Waals surface area (Å²) in [7, 11) is 0. The van der Waals surface area contributed by atoms with Gasteiger partial charge in [0.2, 0.25) is 0 Å². The molecule has 0 aliphatic heterocycles. The number of aliphatic carboxylic acids is 1. The Hall–Kier alpha value is -1.77. The third-order valence-electron chi connectivity index (χ3n) is 2.77. The molecule has 0 spiro atoms. The zero-order valence-corrected chi connectivity index (χ0v) is 12.3. The van der Waals surface area contributed by atoms with Gasteiger partial charge in [-0.15, -0.1) is 0 Å². The van der Waals surface area contributed by atoms with Crippen molar-refractivity contribution < 1.29 is 14.6 Å². The first kappa shape index (κ1) is 15.3. The van der Waals surface area contributed by atoms with E-state index in [9.17, 15) is 4.79 Å². The summed E-state index contributed by atoms with van der Waals surface area (Å²) in [5, 5.41) is 8.67. The second kappa shape index (κ2) is 5.91. The largest absolute Gasteiger partial charge is 0.489 e. The number of ether oxygens (including phenoxy) is 1. The van der Waals surface area contributed by atoms with Crippen molar-refractivity contribution >= 4 is 5.97 Å². The molecule has 0 bridgehead atoms. The van der Waals surface area contributed by atoms with E-state index in [1.165, 1.54) is 11.6 Å². The van der Waals surface area contributed by atoms with E-state index in [1.54, 1.807) is 6.92 Å². The minimum absolute atomic E-state index is 0.00816. The molecule has 0 atom stereocenters. The highest BCUT2D eigenvalue weighted by molar-refractivity contribution is 5.80. The average molecular weight is 262 g/mol. The maximum absolute atomic E-state index is 10.6. The molecular weight excluding hydrogens is 240 g/mol. The van der Waals surface area contributed by atoms with Gasteiger partial charge in [-0.2, -0.15) is 0 Å². The van der Waals surface area contributed by atoms with E-state index in [-0.39, 0.29) is 5.41 Å². The summed E-state index contributed by atoms with van der Waals surface area (Å²) >= 11 is 0. The smallest absolute Gasteiger partial charge is 0.328 e. The van der Waals surface area contributed by atoms with Crippen LogP contribution in [-0.4, -0.2) is 17.7 Å². The SMILES string of the molecule is CC(=CC(=O)O)COc1ccc(C)cc1C(C)(C)C. The molecule has 0 aromatic heterocycles. The first-order valence-corrected chi connectivity index (χ1v) is 6.34.